The molecule has 2 rings (SSSR count). The molecule has 0 aliphatic carbocycles. The summed E-state index contributed by atoms with van der Waals surface area (Å²) in [4.78, 5) is 13.6. The van der Waals surface area contributed by atoms with Crippen molar-refractivity contribution in [2.75, 3.05) is 11.4 Å². The Bertz CT molecular complexity index is 351. The molecule has 0 aromatic heterocycles. The van der Waals surface area contributed by atoms with Crippen molar-refractivity contribution >= 4 is 24.0 Å². The summed E-state index contributed by atoms with van der Waals surface area (Å²) in [5.41, 5.74) is 2.42. The van der Waals surface area contributed by atoms with Gasteiger partial charge in [-0.05, 0) is 24.5 Å². The number of carbonyl (C=O) groups is 1. The van der Waals surface area contributed by atoms with Gasteiger partial charge in [-0.15, -0.1) is 12.4 Å². The van der Waals surface area contributed by atoms with Crippen molar-refractivity contribution < 1.29 is 4.79 Å². The summed E-state index contributed by atoms with van der Waals surface area (Å²) in [5.74, 6) is 0.233. The van der Waals surface area contributed by atoms with Crippen LogP contribution in [0.4, 0.5) is 5.69 Å². The molecular formula is C12H16ClNO. The van der Waals surface area contributed by atoms with Crippen molar-refractivity contribution in [1.82, 2.24) is 0 Å². The zero-order valence-electron chi connectivity index (χ0n) is 8.90. The molecule has 3 heteroatoms. The van der Waals surface area contributed by atoms with Crippen molar-refractivity contribution in [3.8, 4) is 0 Å². The summed E-state index contributed by atoms with van der Waals surface area (Å²) < 4.78 is 0. The first kappa shape index (κ1) is 12.1. The predicted molar refractivity (Wildman–Crippen MR) is 64.7 cm³/mol. The van der Waals surface area contributed by atoms with Gasteiger partial charge in [0.15, 0.2) is 0 Å². The van der Waals surface area contributed by atoms with Gasteiger partial charge in [-0.2, -0.15) is 0 Å². The van der Waals surface area contributed by atoms with Gasteiger partial charge in [0, 0.05) is 18.7 Å². The van der Waals surface area contributed by atoms with Gasteiger partial charge in [0.05, 0.1) is 0 Å². The average Bonchev–Trinajstić information content (AvgIpc) is 2.27. The van der Waals surface area contributed by atoms with Gasteiger partial charge in [-0.25, -0.2) is 0 Å². The number of nitrogens with zero attached hydrogens (tertiary/aromatic N) is 1. The lowest BCUT2D eigenvalue weighted by Crippen LogP contribution is -2.34. The van der Waals surface area contributed by atoms with Gasteiger partial charge in [0.2, 0.25) is 5.91 Å². The number of aryl methyl sites for hydroxylation is 1. The zero-order chi connectivity index (χ0) is 9.97. The van der Waals surface area contributed by atoms with E-state index >= 15 is 0 Å². The number of rotatable bonds is 1. The lowest BCUT2D eigenvalue weighted by molar-refractivity contribution is -0.118. The Hall–Kier alpha value is -1.02. The number of benzene rings is 1. The second-order valence-corrected chi connectivity index (χ2v) is 3.63. The Balaban J connectivity index is 0.00000112. The predicted octanol–water partition coefficient (Wildman–Crippen LogP) is 2.80. The van der Waals surface area contributed by atoms with Crippen LogP contribution in [0.1, 0.15) is 25.3 Å². The number of hydrogen-bond acceptors (Lipinski definition) is 1. The molecule has 1 amide bonds. The van der Waals surface area contributed by atoms with Gasteiger partial charge in [-0.1, -0.05) is 25.1 Å². The first-order valence-corrected chi connectivity index (χ1v) is 5.21. The van der Waals surface area contributed by atoms with E-state index in [-0.39, 0.29) is 18.3 Å². The fourth-order valence-electron chi connectivity index (χ4n) is 1.98. The van der Waals surface area contributed by atoms with Crippen LogP contribution in [0.2, 0.25) is 0 Å². The Labute approximate surface area is 96.7 Å². The maximum Gasteiger partial charge on any atom is 0.226 e. The number of para-hydroxylation sites is 1. The summed E-state index contributed by atoms with van der Waals surface area (Å²) in [6.07, 6.45) is 2.78. The van der Waals surface area contributed by atoms with E-state index in [1.807, 2.05) is 30.0 Å². The minimum absolute atomic E-state index is 0. The molecule has 0 bridgehead atoms. The van der Waals surface area contributed by atoms with Crippen LogP contribution in [-0.2, 0) is 11.2 Å². The van der Waals surface area contributed by atoms with E-state index in [0.717, 1.165) is 25.1 Å². The van der Waals surface area contributed by atoms with E-state index in [1.165, 1.54) is 5.56 Å². The molecule has 0 saturated carbocycles. The fourth-order valence-corrected chi connectivity index (χ4v) is 1.98. The lowest BCUT2D eigenvalue weighted by Gasteiger charge is -2.29. The molecule has 0 spiro atoms. The molecular weight excluding hydrogens is 210 g/mol. The number of amides is 1. The Morgan fingerprint density at radius 2 is 2.13 bits per heavy atom. The molecule has 1 aromatic rings. The van der Waals surface area contributed by atoms with E-state index in [2.05, 4.69) is 6.07 Å². The van der Waals surface area contributed by atoms with Crippen LogP contribution in [-0.4, -0.2) is 12.5 Å². The summed E-state index contributed by atoms with van der Waals surface area (Å²) in [7, 11) is 0. The van der Waals surface area contributed by atoms with E-state index in [9.17, 15) is 4.79 Å². The monoisotopic (exact) mass is 225 g/mol. The largest absolute Gasteiger partial charge is 0.312 e. The highest BCUT2D eigenvalue weighted by Crippen LogP contribution is 2.26. The lowest BCUT2D eigenvalue weighted by atomic mass is 10.0. The quantitative estimate of drug-likeness (QED) is 0.720. The molecule has 0 fully saturated rings. The summed E-state index contributed by atoms with van der Waals surface area (Å²) in [6.45, 7) is 2.79. The van der Waals surface area contributed by atoms with E-state index in [0.29, 0.717) is 6.42 Å². The molecule has 0 radical (unpaired) electrons. The number of hydrogen-bond donors (Lipinski definition) is 0. The SMILES string of the molecule is CCC(=O)N1CCCc2ccccc21.Cl. The topological polar surface area (TPSA) is 20.3 Å². The molecule has 1 aliphatic heterocycles. The Kier molecular flexibility index (Phi) is 4.15. The van der Waals surface area contributed by atoms with Crippen LogP contribution in [0.15, 0.2) is 24.3 Å². The second-order valence-electron chi connectivity index (χ2n) is 3.63. The van der Waals surface area contributed by atoms with Gasteiger partial charge >= 0.3 is 0 Å². The average molecular weight is 226 g/mol. The standard InChI is InChI=1S/C12H15NO.ClH/c1-2-12(14)13-9-5-7-10-6-3-4-8-11(10)13;/h3-4,6,8H,2,5,7,9H2,1H3;1H. The van der Waals surface area contributed by atoms with Crippen molar-refractivity contribution in [2.45, 2.75) is 26.2 Å². The van der Waals surface area contributed by atoms with E-state index < -0.39 is 0 Å². The number of fused-ring (bicyclic) bond motifs is 1. The Morgan fingerprint density at radius 1 is 1.40 bits per heavy atom. The van der Waals surface area contributed by atoms with Crippen molar-refractivity contribution in [3.63, 3.8) is 0 Å². The molecule has 1 aliphatic rings. The maximum atomic E-state index is 11.7. The van der Waals surface area contributed by atoms with Crippen LogP contribution in [0.25, 0.3) is 0 Å². The first-order chi connectivity index (χ1) is 6.83. The minimum Gasteiger partial charge on any atom is -0.312 e. The van der Waals surface area contributed by atoms with Crippen LogP contribution in [0, 0.1) is 0 Å². The number of halogens is 1. The fraction of sp³-hybridized carbons (Fsp3) is 0.417. The van der Waals surface area contributed by atoms with Crippen molar-refractivity contribution in [2.24, 2.45) is 0 Å². The summed E-state index contributed by atoms with van der Waals surface area (Å²) >= 11 is 0. The summed E-state index contributed by atoms with van der Waals surface area (Å²) in [6, 6.07) is 8.20. The third-order valence-corrected chi connectivity index (χ3v) is 2.71. The summed E-state index contributed by atoms with van der Waals surface area (Å²) in [5, 5.41) is 0. The highest BCUT2D eigenvalue weighted by molar-refractivity contribution is 5.94. The van der Waals surface area contributed by atoms with Crippen LogP contribution in [0.3, 0.4) is 0 Å². The molecule has 15 heavy (non-hydrogen) atoms. The Morgan fingerprint density at radius 3 is 2.87 bits per heavy atom. The van der Waals surface area contributed by atoms with Gasteiger partial charge in [-0.3, -0.25) is 4.79 Å². The van der Waals surface area contributed by atoms with Gasteiger partial charge in [0.1, 0.15) is 0 Å². The molecule has 0 atom stereocenters. The molecule has 82 valence electrons. The maximum absolute atomic E-state index is 11.7. The van der Waals surface area contributed by atoms with Crippen LogP contribution < -0.4 is 4.90 Å². The third kappa shape index (κ3) is 2.32. The van der Waals surface area contributed by atoms with Crippen molar-refractivity contribution in [1.29, 1.82) is 0 Å². The molecule has 0 saturated heterocycles. The number of anilines is 1. The molecule has 1 heterocycles. The molecule has 0 unspecified atom stereocenters. The third-order valence-electron chi connectivity index (χ3n) is 2.71. The first-order valence-electron chi connectivity index (χ1n) is 5.21. The van der Waals surface area contributed by atoms with Crippen LogP contribution in [0.5, 0.6) is 0 Å². The van der Waals surface area contributed by atoms with E-state index in [4.69, 9.17) is 0 Å². The van der Waals surface area contributed by atoms with Gasteiger partial charge in [0.25, 0.3) is 0 Å². The number of carbonyl (C=O) groups excluding carboxylic acids is 1. The molecule has 2 nitrogen and oxygen atoms in total. The van der Waals surface area contributed by atoms with Crippen molar-refractivity contribution in [3.05, 3.63) is 29.8 Å². The normalized spacial score (nSPS) is 14.1. The van der Waals surface area contributed by atoms with E-state index in [1.54, 1.807) is 0 Å². The highest BCUT2D eigenvalue weighted by atomic mass is 35.5. The zero-order valence-corrected chi connectivity index (χ0v) is 9.72. The second kappa shape index (κ2) is 5.17. The molecule has 0 N–H and O–H groups in total. The van der Waals surface area contributed by atoms with Crippen LogP contribution >= 0.6 is 12.4 Å². The minimum atomic E-state index is 0. The highest BCUT2D eigenvalue weighted by Gasteiger charge is 2.20. The van der Waals surface area contributed by atoms with Gasteiger partial charge < -0.3 is 4.90 Å². The smallest absolute Gasteiger partial charge is 0.226 e. The molecule has 1 aromatic carbocycles.